The molecule has 0 aliphatic carbocycles. The van der Waals surface area contributed by atoms with Crippen LogP contribution in [0.4, 0.5) is 0 Å². The molecule has 0 radical (unpaired) electrons. The van der Waals surface area contributed by atoms with E-state index in [1.54, 1.807) is 35.6 Å². The Bertz CT molecular complexity index is 1140. The number of rotatable bonds is 12. The fourth-order valence-electron chi connectivity index (χ4n) is 3.99. The highest BCUT2D eigenvalue weighted by molar-refractivity contribution is 7.86. The average molecular weight is 517 g/mol. The van der Waals surface area contributed by atoms with Crippen LogP contribution in [0, 0.1) is 6.92 Å². The molecule has 0 bridgehead atoms. The Kier molecular flexibility index (Phi) is 9.48. The predicted molar refractivity (Wildman–Crippen MR) is 137 cm³/mol. The summed E-state index contributed by atoms with van der Waals surface area (Å²) >= 11 is 1.71. The summed E-state index contributed by atoms with van der Waals surface area (Å²) < 4.78 is 47.8. The summed E-state index contributed by atoms with van der Waals surface area (Å²) in [6, 6.07) is 19.1. The van der Waals surface area contributed by atoms with E-state index in [1.807, 2.05) is 25.1 Å². The molecular formula is C27H32O6S2. The quantitative estimate of drug-likeness (QED) is 0.231. The Morgan fingerprint density at radius 1 is 1.03 bits per heavy atom. The summed E-state index contributed by atoms with van der Waals surface area (Å²) in [6.45, 7) is 3.00. The minimum absolute atomic E-state index is 0.0609. The summed E-state index contributed by atoms with van der Waals surface area (Å²) in [7, 11) is -3.81. The zero-order valence-electron chi connectivity index (χ0n) is 19.9. The first-order valence-electron chi connectivity index (χ1n) is 11.9. The lowest BCUT2D eigenvalue weighted by Gasteiger charge is -2.28. The SMILES string of the molecule is Cc1ccc(S(=O)(=O)OCCOCC(Cc2ccccc2-c2cccs2)OC2CCCCO2)cc1. The average Bonchev–Trinajstić information content (AvgIpc) is 3.40. The molecule has 2 aromatic carbocycles. The third-order valence-electron chi connectivity index (χ3n) is 5.81. The van der Waals surface area contributed by atoms with E-state index in [0.717, 1.165) is 24.8 Å². The summed E-state index contributed by atoms with van der Waals surface area (Å²) in [6.07, 6.45) is 3.18. The largest absolute Gasteiger partial charge is 0.376 e. The molecule has 1 aliphatic heterocycles. The Morgan fingerprint density at radius 3 is 2.60 bits per heavy atom. The van der Waals surface area contributed by atoms with Crippen molar-refractivity contribution in [3.8, 4) is 10.4 Å². The standard InChI is InChI=1S/C27H32O6S2/c1-21-11-13-24(14-12-21)35(28,29)32-17-16-30-20-23(33-27-10-4-5-15-31-27)19-22-7-2-3-8-25(22)26-9-6-18-34-26/h2-3,6-9,11-14,18,23,27H,4-5,10,15-17,19-20H2,1H3. The van der Waals surface area contributed by atoms with Crippen molar-refractivity contribution in [1.29, 1.82) is 0 Å². The second-order valence-corrected chi connectivity index (χ2v) is 11.1. The van der Waals surface area contributed by atoms with Gasteiger partial charge >= 0.3 is 0 Å². The highest BCUT2D eigenvalue weighted by Gasteiger charge is 2.22. The van der Waals surface area contributed by atoms with E-state index in [2.05, 4.69) is 23.6 Å². The van der Waals surface area contributed by atoms with Crippen LogP contribution in [0.15, 0.2) is 70.9 Å². The van der Waals surface area contributed by atoms with Gasteiger partial charge in [-0.2, -0.15) is 8.42 Å². The molecule has 0 spiro atoms. The Hall–Kier alpha value is -2.07. The van der Waals surface area contributed by atoms with Crippen molar-refractivity contribution >= 4 is 21.5 Å². The molecule has 188 valence electrons. The molecule has 1 aromatic heterocycles. The van der Waals surface area contributed by atoms with Gasteiger partial charge in [0.05, 0.1) is 30.8 Å². The van der Waals surface area contributed by atoms with Crippen LogP contribution >= 0.6 is 11.3 Å². The molecule has 1 fully saturated rings. The predicted octanol–water partition coefficient (Wildman–Crippen LogP) is 5.60. The molecule has 2 heterocycles. The van der Waals surface area contributed by atoms with Crippen molar-refractivity contribution in [2.75, 3.05) is 26.4 Å². The molecule has 2 unspecified atom stereocenters. The van der Waals surface area contributed by atoms with Crippen LogP contribution in [-0.4, -0.2) is 47.2 Å². The Balaban J connectivity index is 1.34. The molecule has 2 atom stereocenters. The summed E-state index contributed by atoms with van der Waals surface area (Å²) in [5.41, 5.74) is 3.35. The number of hydrogen-bond acceptors (Lipinski definition) is 7. The molecule has 35 heavy (non-hydrogen) atoms. The smallest absolute Gasteiger partial charge is 0.297 e. The summed E-state index contributed by atoms with van der Waals surface area (Å²) in [4.78, 5) is 1.35. The van der Waals surface area contributed by atoms with Gasteiger partial charge in [0.15, 0.2) is 6.29 Å². The van der Waals surface area contributed by atoms with Crippen LogP contribution in [0.2, 0.25) is 0 Å². The van der Waals surface area contributed by atoms with E-state index in [-0.39, 0.29) is 30.5 Å². The van der Waals surface area contributed by atoms with Crippen LogP contribution in [0.3, 0.4) is 0 Å². The molecule has 0 amide bonds. The van der Waals surface area contributed by atoms with Gasteiger partial charge in [0.25, 0.3) is 10.1 Å². The molecular weight excluding hydrogens is 484 g/mol. The van der Waals surface area contributed by atoms with Crippen LogP contribution < -0.4 is 0 Å². The number of benzene rings is 2. The van der Waals surface area contributed by atoms with Gasteiger partial charge in [-0.1, -0.05) is 48.0 Å². The van der Waals surface area contributed by atoms with Crippen LogP contribution in [-0.2, 0) is 34.9 Å². The van der Waals surface area contributed by atoms with Crippen LogP contribution in [0.1, 0.15) is 30.4 Å². The van der Waals surface area contributed by atoms with Crippen LogP contribution in [0.25, 0.3) is 10.4 Å². The molecule has 0 saturated carbocycles. The third-order valence-corrected chi connectivity index (χ3v) is 8.04. The van der Waals surface area contributed by atoms with Crippen molar-refractivity contribution in [1.82, 2.24) is 0 Å². The zero-order valence-corrected chi connectivity index (χ0v) is 21.6. The van der Waals surface area contributed by atoms with Gasteiger partial charge in [-0.05, 0) is 60.9 Å². The van der Waals surface area contributed by atoms with E-state index in [1.165, 1.54) is 16.0 Å². The Labute approximate surface area is 211 Å². The summed E-state index contributed by atoms with van der Waals surface area (Å²) in [5, 5.41) is 2.07. The highest BCUT2D eigenvalue weighted by atomic mass is 32.2. The zero-order chi connectivity index (χ0) is 24.5. The minimum Gasteiger partial charge on any atom is -0.376 e. The second kappa shape index (κ2) is 12.8. The monoisotopic (exact) mass is 516 g/mol. The normalized spacial score (nSPS) is 17.3. The van der Waals surface area contributed by atoms with Gasteiger partial charge in [-0.25, -0.2) is 0 Å². The second-order valence-electron chi connectivity index (χ2n) is 8.56. The van der Waals surface area contributed by atoms with Gasteiger partial charge in [-0.15, -0.1) is 11.3 Å². The maximum atomic E-state index is 12.4. The third kappa shape index (κ3) is 7.70. The lowest BCUT2D eigenvalue weighted by molar-refractivity contribution is -0.197. The minimum atomic E-state index is -3.81. The Morgan fingerprint density at radius 2 is 1.86 bits per heavy atom. The molecule has 0 N–H and O–H groups in total. The first kappa shape index (κ1) is 26.0. The van der Waals surface area contributed by atoms with E-state index in [4.69, 9.17) is 18.4 Å². The number of ether oxygens (including phenoxy) is 3. The molecule has 1 aliphatic rings. The van der Waals surface area contributed by atoms with Crippen molar-refractivity contribution in [2.45, 2.75) is 49.9 Å². The van der Waals surface area contributed by atoms with Crippen molar-refractivity contribution in [3.63, 3.8) is 0 Å². The van der Waals surface area contributed by atoms with E-state index < -0.39 is 10.1 Å². The maximum absolute atomic E-state index is 12.4. The van der Waals surface area contributed by atoms with Crippen molar-refractivity contribution in [3.05, 3.63) is 77.2 Å². The molecule has 1 saturated heterocycles. The van der Waals surface area contributed by atoms with Gasteiger partial charge in [0, 0.05) is 17.9 Å². The lowest BCUT2D eigenvalue weighted by atomic mass is 10.0. The number of hydrogen-bond donors (Lipinski definition) is 0. The highest BCUT2D eigenvalue weighted by Crippen LogP contribution is 2.29. The summed E-state index contributed by atoms with van der Waals surface area (Å²) in [5.74, 6) is 0. The van der Waals surface area contributed by atoms with E-state index in [0.29, 0.717) is 19.6 Å². The van der Waals surface area contributed by atoms with E-state index >= 15 is 0 Å². The number of thiophene rings is 1. The molecule has 8 heteroatoms. The lowest BCUT2D eigenvalue weighted by Crippen LogP contribution is -2.32. The van der Waals surface area contributed by atoms with Gasteiger partial charge < -0.3 is 14.2 Å². The van der Waals surface area contributed by atoms with Gasteiger partial charge in [0.1, 0.15) is 0 Å². The topological polar surface area (TPSA) is 71.1 Å². The molecule has 3 aromatic rings. The van der Waals surface area contributed by atoms with Crippen LogP contribution in [0.5, 0.6) is 0 Å². The maximum Gasteiger partial charge on any atom is 0.297 e. The molecule has 6 nitrogen and oxygen atoms in total. The number of aryl methyl sites for hydroxylation is 1. The fraction of sp³-hybridized carbons (Fsp3) is 0.407. The first-order chi connectivity index (χ1) is 17.0. The van der Waals surface area contributed by atoms with E-state index in [9.17, 15) is 8.42 Å². The molecule has 4 rings (SSSR count). The van der Waals surface area contributed by atoms with Gasteiger partial charge in [-0.3, -0.25) is 4.18 Å². The van der Waals surface area contributed by atoms with Gasteiger partial charge in [0.2, 0.25) is 0 Å². The van der Waals surface area contributed by atoms with Crippen molar-refractivity contribution < 1.29 is 26.8 Å². The fourth-order valence-corrected chi connectivity index (χ4v) is 5.67. The first-order valence-corrected chi connectivity index (χ1v) is 14.2. The van der Waals surface area contributed by atoms with Crippen molar-refractivity contribution in [2.24, 2.45) is 0 Å².